The lowest BCUT2D eigenvalue weighted by Gasteiger charge is -2.33. The predicted octanol–water partition coefficient (Wildman–Crippen LogP) is 18.4. The average Bonchev–Trinajstić information content (AvgIpc) is 3.57. The Morgan fingerprint density at radius 1 is 0.423 bits per heavy atom. The second kappa shape index (κ2) is 36.4. The number of allylic oxidation sites excluding steroid dienone is 16. The molecule has 0 atom stereocenters. The van der Waals surface area contributed by atoms with Gasteiger partial charge in [-0.1, -0.05) is 198 Å². The standard InChI is InChI=1S/C31H46.C22H30N2.C10H14N2.4H2S/c1-5-7-9-11-13-15-21-31(22-16-14-12-10-8-6-2)29-23-25(3)17-19-27(29)28-20-18-26(4)24-30(28)31;1-15(2)9-11-17(5)19-13-14-20(18(6)12-10-16(3)4)22(24-8)21(19)23-7;1-7-5-6-8(2)10(12-4)9(7)11-3;;;;/h17-20,23-24H,5-16,21-22H2,1-4H3;9-14H,1-8H3;5-6H,1-4H3;4*1H2/b;17-11+,18-12+,23-21?,24-22?;;;;;. The monoisotopic (exact) mass is 1040 g/mol. The highest BCUT2D eigenvalue weighted by molar-refractivity contribution is 7.59. The highest BCUT2D eigenvalue weighted by Gasteiger charge is 2.42. The van der Waals surface area contributed by atoms with Crippen LogP contribution >= 0.6 is 54.0 Å². The van der Waals surface area contributed by atoms with Crippen molar-refractivity contribution in [1.82, 2.24) is 0 Å². The largest absolute Gasteiger partial charge is 0.286 e. The maximum absolute atomic E-state index is 4.53. The molecule has 3 aliphatic carbocycles. The van der Waals surface area contributed by atoms with E-state index in [-0.39, 0.29) is 59.4 Å². The van der Waals surface area contributed by atoms with E-state index in [9.17, 15) is 0 Å². The minimum absolute atomic E-state index is 0. The Balaban J connectivity index is 0. The van der Waals surface area contributed by atoms with E-state index in [0.717, 1.165) is 34.0 Å². The van der Waals surface area contributed by atoms with Gasteiger partial charge in [0.15, 0.2) is 0 Å². The van der Waals surface area contributed by atoms with Gasteiger partial charge in [0.25, 0.3) is 0 Å². The van der Waals surface area contributed by atoms with Gasteiger partial charge in [-0.15, -0.1) is 0 Å². The first kappa shape index (κ1) is 69.5. The summed E-state index contributed by atoms with van der Waals surface area (Å²) in [4.78, 5) is 17.5. The van der Waals surface area contributed by atoms with Crippen molar-refractivity contribution in [2.45, 2.75) is 178 Å². The van der Waals surface area contributed by atoms with Crippen LogP contribution < -0.4 is 0 Å². The van der Waals surface area contributed by atoms with Crippen molar-refractivity contribution in [3.05, 3.63) is 152 Å². The Bertz CT molecular complexity index is 2200. The number of nitrogens with zero attached hydrogens (tertiary/aromatic N) is 4. The van der Waals surface area contributed by atoms with Gasteiger partial charge in [-0.2, -0.15) is 54.0 Å². The first-order chi connectivity index (χ1) is 32.1. The van der Waals surface area contributed by atoms with Crippen LogP contribution in [0, 0.1) is 13.8 Å². The summed E-state index contributed by atoms with van der Waals surface area (Å²) in [5.41, 5.74) is 22.9. The molecular weight excluding hydrogens is 941 g/mol. The molecule has 0 fully saturated rings. The minimum Gasteiger partial charge on any atom is -0.286 e. The zero-order valence-corrected chi connectivity index (χ0v) is 51.3. The maximum atomic E-state index is 4.53. The van der Waals surface area contributed by atoms with E-state index in [2.05, 4.69) is 188 Å². The lowest BCUT2D eigenvalue weighted by molar-refractivity contribution is 0.397. The number of hydrogen-bond donors (Lipinski definition) is 0. The van der Waals surface area contributed by atoms with Gasteiger partial charge in [0.2, 0.25) is 0 Å². The third-order valence-electron chi connectivity index (χ3n) is 13.4. The third-order valence-corrected chi connectivity index (χ3v) is 13.4. The van der Waals surface area contributed by atoms with Gasteiger partial charge >= 0.3 is 0 Å². The van der Waals surface area contributed by atoms with E-state index in [1.807, 2.05) is 14.1 Å². The molecule has 2 aromatic carbocycles. The fraction of sp³-hybridized carbons (Fsp3) is 0.492. The number of rotatable bonds is 18. The number of fused-ring (bicyclic) bond motifs is 3. The van der Waals surface area contributed by atoms with Crippen molar-refractivity contribution in [3.63, 3.8) is 0 Å². The van der Waals surface area contributed by atoms with E-state index >= 15 is 0 Å². The summed E-state index contributed by atoms with van der Waals surface area (Å²) < 4.78 is 0. The molecule has 8 heteroatoms. The molecular formula is C63H98N4S4. The molecule has 0 N–H and O–H groups in total. The van der Waals surface area contributed by atoms with Crippen LogP contribution in [-0.2, 0) is 5.41 Å². The Kier molecular flexibility index (Phi) is 35.6. The molecule has 5 rings (SSSR count). The molecule has 0 saturated heterocycles. The van der Waals surface area contributed by atoms with Crippen molar-refractivity contribution in [2.24, 2.45) is 20.0 Å². The van der Waals surface area contributed by atoms with Crippen LogP contribution in [0.1, 0.15) is 181 Å². The number of aliphatic imine (C=N–C) groups is 4. The van der Waals surface area contributed by atoms with Gasteiger partial charge < -0.3 is 0 Å². The summed E-state index contributed by atoms with van der Waals surface area (Å²) in [6.45, 7) is 25.9. The second-order valence-corrected chi connectivity index (χ2v) is 19.6. The average molecular weight is 1040 g/mol. The zero-order valence-electron chi connectivity index (χ0n) is 47.3. The maximum Gasteiger partial charge on any atom is 0.0903 e. The predicted molar refractivity (Wildman–Crippen MR) is 343 cm³/mol. The summed E-state index contributed by atoms with van der Waals surface area (Å²) >= 11 is 0. The van der Waals surface area contributed by atoms with Crippen LogP contribution in [0.5, 0.6) is 0 Å². The van der Waals surface area contributed by atoms with Crippen molar-refractivity contribution >= 4 is 76.8 Å². The lowest BCUT2D eigenvalue weighted by Crippen LogP contribution is -2.25. The van der Waals surface area contributed by atoms with Crippen LogP contribution in [0.15, 0.2) is 150 Å². The number of benzene rings is 2. The van der Waals surface area contributed by atoms with E-state index in [1.165, 1.54) is 146 Å². The fourth-order valence-corrected chi connectivity index (χ4v) is 9.58. The van der Waals surface area contributed by atoms with E-state index in [1.54, 1.807) is 25.2 Å². The normalized spacial score (nSPS) is 16.7. The lowest BCUT2D eigenvalue weighted by atomic mass is 9.70. The van der Waals surface area contributed by atoms with Crippen molar-refractivity contribution in [2.75, 3.05) is 28.2 Å². The molecule has 0 unspecified atom stereocenters. The highest BCUT2D eigenvalue weighted by atomic mass is 32.1. The van der Waals surface area contributed by atoms with Gasteiger partial charge in [-0.05, 0) is 127 Å². The molecule has 2 aromatic rings. The minimum atomic E-state index is 0. The SMILES string of the molecule is CCCCCCCCC1(CCCCCCCC)c2cc(C)ccc2-c2ccc(C)cc21.CN=C1C(/C(C)=C/C=C(C)C)=CC=C(/C(C)=C/C=C(C)C)C1=NC.CN=C1C(C)=CC=C(C)C1=NC.S.S.S.S. The third kappa shape index (κ3) is 20.3. The second-order valence-electron chi connectivity index (χ2n) is 19.6. The van der Waals surface area contributed by atoms with Crippen molar-refractivity contribution in [3.8, 4) is 11.1 Å². The summed E-state index contributed by atoms with van der Waals surface area (Å²) in [6.07, 6.45) is 36.2. The van der Waals surface area contributed by atoms with Gasteiger partial charge in [-0.25, -0.2) is 0 Å². The zero-order chi connectivity index (χ0) is 49.5. The first-order valence-corrected chi connectivity index (χ1v) is 25.7. The van der Waals surface area contributed by atoms with Crippen molar-refractivity contribution < 1.29 is 0 Å². The molecule has 71 heavy (non-hydrogen) atoms. The van der Waals surface area contributed by atoms with Crippen LogP contribution in [0.4, 0.5) is 0 Å². The molecule has 0 amide bonds. The molecule has 0 saturated carbocycles. The van der Waals surface area contributed by atoms with Gasteiger partial charge in [0, 0.05) is 44.8 Å². The summed E-state index contributed by atoms with van der Waals surface area (Å²) in [5.74, 6) is 0. The van der Waals surface area contributed by atoms with E-state index < -0.39 is 0 Å². The number of unbranched alkanes of at least 4 members (excludes halogenated alkanes) is 10. The van der Waals surface area contributed by atoms with Gasteiger partial charge in [0.05, 0.1) is 22.8 Å². The first-order valence-electron chi connectivity index (χ1n) is 25.7. The van der Waals surface area contributed by atoms with Gasteiger partial charge in [-0.3, -0.25) is 20.0 Å². The molecule has 0 heterocycles. The van der Waals surface area contributed by atoms with Crippen LogP contribution in [0.3, 0.4) is 0 Å². The number of hydrogen-bond acceptors (Lipinski definition) is 4. The Morgan fingerprint density at radius 3 is 1.06 bits per heavy atom. The Labute approximate surface area is 463 Å². The van der Waals surface area contributed by atoms with Crippen LogP contribution in [0.25, 0.3) is 11.1 Å². The molecule has 3 aliphatic rings. The van der Waals surface area contributed by atoms with Gasteiger partial charge in [0.1, 0.15) is 0 Å². The Hall–Kier alpha value is -3.56. The molecule has 4 nitrogen and oxygen atoms in total. The highest BCUT2D eigenvalue weighted by Crippen LogP contribution is 2.54. The molecule has 394 valence electrons. The molecule has 0 aromatic heterocycles. The van der Waals surface area contributed by atoms with E-state index in [4.69, 9.17) is 0 Å². The van der Waals surface area contributed by atoms with Crippen LogP contribution in [0.2, 0.25) is 0 Å². The Morgan fingerprint density at radius 2 is 0.746 bits per heavy atom. The van der Waals surface area contributed by atoms with Crippen LogP contribution in [-0.4, -0.2) is 51.0 Å². The molecule has 0 spiro atoms. The van der Waals surface area contributed by atoms with E-state index in [0.29, 0.717) is 0 Å². The smallest absolute Gasteiger partial charge is 0.0903 e. The quantitative estimate of drug-likeness (QED) is 0.0812. The summed E-state index contributed by atoms with van der Waals surface area (Å²) in [7, 11) is 7.27. The molecule has 0 aliphatic heterocycles. The summed E-state index contributed by atoms with van der Waals surface area (Å²) in [5, 5.41) is 0. The topological polar surface area (TPSA) is 49.4 Å². The summed E-state index contributed by atoms with van der Waals surface area (Å²) in [6, 6.07) is 14.5. The molecule has 0 radical (unpaired) electrons. The molecule has 0 bridgehead atoms. The van der Waals surface area contributed by atoms with Crippen molar-refractivity contribution in [1.29, 1.82) is 0 Å². The number of aryl methyl sites for hydroxylation is 2. The fourth-order valence-electron chi connectivity index (χ4n) is 9.58.